The molecule has 0 atom stereocenters. The number of benzene rings is 2. The van der Waals surface area contributed by atoms with Gasteiger partial charge in [0.2, 0.25) is 0 Å². The van der Waals surface area contributed by atoms with Crippen LogP contribution in [0.25, 0.3) is 11.1 Å². The van der Waals surface area contributed by atoms with E-state index >= 15 is 0 Å². The molecule has 2 heterocycles. The minimum Gasteiger partial charge on any atom is -0.444 e. The van der Waals surface area contributed by atoms with Gasteiger partial charge in [0.1, 0.15) is 5.60 Å². The first-order valence-electron chi connectivity index (χ1n) is 11.5. The van der Waals surface area contributed by atoms with Crippen molar-refractivity contribution in [3.63, 3.8) is 0 Å². The number of thiophene rings is 1. The lowest BCUT2D eigenvalue weighted by atomic mass is 10.0. The van der Waals surface area contributed by atoms with Gasteiger partial charge in [-0.25, -0.2) is 4.79 Å². The van der Waals surface area contributed by atoms with E-state index in [2.05, 4.69) is 28.4 Å². The van der Waals surface area contributed by atoms with Crippen LogP contribution >= 0.6 is 11.3 Å². The standard InChI is InChI=1S/C27H31N3O3S/c1-19-10-11-21(20-8-6-5-7-9-20)16-23(19)28-25(31)24-17-22(18-34-24)29-12-14-30(15-13-29)26(32)33-27(2,3)4/h5-11,16-18H,12-15H2,1-4H3,(H,28,31). The second kappa shape index (κ2) is 9.89. The molecule has 1 aliphatic heterocycles. The molecule has 3 aromatic rings. The van der Waals surface area contributed by atoms with Crippen molar-refractivity contribution in [2.75, 3.05) is 36.4 Å². The Bertz CT molecular complexity index is 1160. The zero-order valence-electron chi connectivity index (χ0n) is 20.1. The van der Waals surface area contributed by atoms with Crippen LogP contribution in [0.15, 0.2) is 60.0 Å². The fourth-order valence-electron chi connectivity index (χ4n) is 3.84. The highest BCUT2D eigenvalue weighted by Gasteiger charge is 2.26. The van der Waals surface area contributed by atoms with Crippen molar-refractivity contribution in [2.45, 2.75) is 33.3 Å². The second-order valence-corrected chi connectivity index (χ2v) is 10.4. The van der Waals surface area contributed by atoms with Crippen molar-refractivity contribution in [1.29, 1.82) is 0 Å². The average molecular weight is 478 g/mol. The lowest BCUT2D eigenvalue weighted by Crippen LogP contribution is -2.50. The first-order valence-corrected chi connectivity index (χ1v) is 12.4. The smallest absolute Gasteiger partial charge is 0.410 e. The van der Waals surface area contributed by atoms with E-state index in [0.29, 0.717) is 31.1 Å². The van der Waals surface area contributed by atoms with Crippen LogP contribution in [-0.2, 0) is 4.74 Å². The second-order valence-electron chi connectivity index (χ2n) is 9.47. The Morgan fingerprint density at radius 1 is 0.941 bits per heavy atom. The molecule has 1 saturated heterocycles. The van der Waals surface area contributed by atoms with Crippen LogP contribution in [0.3, 0.4) is 0 Å². The first kappa shape index (κ1) is 23.8. The third-order valence-electron chi connectivity index (χ3n) is 5.70. The lowest BCUT2D eigenvalue weighted by Gasteiger charge is -2.36. The van der Waals surface area contributed by atoms with E-state index in [-0.39, 0.29) is 12.0 Å². The monoisotopic (exact) mass is 477 g/mol. The number of carbonyl (C=O) groups is 2. The maximum absolute atomic E-state index is 13.0. The van der Waals surface area contributed by atoms with Crippen LogP contribution in [-0.4, -0.2) is 48.7 Å². The molecule has 0 aliphatic carbocycles. The van der Waals surface area contributed by atoms with Crippen molar-refractivity contribution in [3.8, 4) is 11.1 Å². The van der Waals surface area contributed by atoms with Crippen molar-refractivity contribution in [1.82, 2.24) is 4.90 Å². The molecule has 4 rings (SSSR count). The van der Waals surface area contributed by atoms with Crippen molar-refractivity contribution < 1.29 is 14.3 Å². The number of nitrogens with zero attached hydrogens (tertiary/aromatic N) is 2. The Labute approximate surface area is 205 Å². The number of piperazine rings is 1. The molecule has 2 amide bonds. The molecular formula is C27H31N3O3S. The van der Waals surface area contributed by atoms with Crippen molar-refractivity contribution in [2.24, 2.45) is 0 Å². The molecular weight excluding hydrogens is 446 g/mol. The number of rotatable bonds is 4. The highest BCUT2D eigenvalue weighted by atomic mass is 32.1. The highest BCUT2D eigenvalue weighted by Crippen LogP contribution is 2.28. The molecule has 0 saturated carbocycles. The Hall–Kier alpha value is -3.32. The number of amides is 2. The van der Waals surface area contributed by atoms with Crippen molar-refractivity contribution in [3.05, 3.63) is 70.4 Å². The van der Waals surface area contributed by atoms with E-state index < -0.39 is 5.60 Å². The topological polar surface area (TPSA) is 61.9 Å². The predicted molar refractivity (Wildman–Crippen MR) is 139 cm³/mol. The zero-order chi connectivity index (χ0) is 24.3. The van der Waals surface area contributed by atoms with Gasteiger partial charge in [-0.05, 0) is 56.5 Å². The molecule has 0 radical (unpaired) electrons. The number of aryl methyl sites for hydroxylation is 1. The summed E-state index contributed by atoms with van der Waals surface area (Å²) in [7, 11) is 0. The number of hydrogen-bond donors (Lipinski definition) is 1. The van der Waals surface area contributed by atoms with Gasteiger partial charge in [-0.15, -0.1) is 11.3 Å². The van der Waals surface area contributed by atoms with Crippen LogP contribution in [0.1, 0.15) is 36.0 Å². The van der Waals surface area contributed by atoms with Gasteiger partial charge in [0.05, 0.1) is 4.88 Å². The van der Waals surface area contributed by atoms with E-state index in [0.717, 1.165) is 28.1 Å². The van der Waals surface area contributed by atoms with Gasteiger partial charge in [0.25, 0.3) is 5.91 Å². The van der Waals surface area contributed by atoms with Gasteiger partial charge >= 0.3 is 6.09 Å². The van der Waals surface area contributed by atoms with E-state index in [4.69, 9.17) is 4.74 Å². The lowest BCUT2D eigenvalue weighted by molar-refractivity contribution is 0.0240. The summed E-state index contributed by atoms with van der Waals surface area (Å²) in [5.74, 6) is -0.114. The highest BCUT2D eigenvalue weighted by molar-refractivity contribution is 7.12. The molecule has 7 heteroatoms. The summed E-state index contributed by atoms with van der Waals surface area (Å²) in [6.07, 6.45) is -0.273. The number of hydrogen-bond acceptors (Lipinski definition) is 5. The summed E-state index contributed by atoms with van der Waals surface area (Å²) in [6, 6.07) is 18.2. The quantitative estimate of drug-likeness (QED) is 0.498. The molecule has 0 spiro atoms. The summed E-state index contributed by atoms with van der Waals surface area (Å²) >= 11 is 1.43. The predicted octanol–water partition coefficient (Wildman–Crippen LogP) is 6.03. The SMILES string of the molecule is Cc1ccc(-c2ccccc2)cc1NC(=O)c1cc(N2CCN(C(=O)OC(C)(C)C)CC2)cs1. The first-order chi connectivity index (χ1) is 16.2. The van der Waals surface area contributed by atoms with Gasteiger partial charge in [0.15, 0.2) is 0 Å². The van der Waals surface area contributed by atoms with Crippen LogP contribution in [0.2, 0.25) is 0 Å². The fraction of sp³-hybridized carbons (Fsp3) is 0.333. The molecule has 1 aliphatic rings. The van der Waals surface area contributed by atoms with Gasteiger partial charge in [-0.3, -0.25) is 4.79 Å². The molecule has 0 unspecified atom stereocenters. The Kier molecular flexibility index (Phi) is 6.93. The Morgan fingerprint density at radius 3 is 2.32 bits per heavy atom. The minimum absolute atomic E-state index is 0.114. The van der Waals surface area contributed by atoms with Gasteiger partial charge < -0.3 is 19.9 Å². The average Bonchev–Trinajstić information content (AvgIpc) is 3.31. The molecule has 178 valence electrons. The van der Waals surface area contributed by atoms with Gasteiger partial charge in [-0.1, -0.05) is 42.5 Å². The number of anilines is 2. The molecule has 1 N–H and O–H groups in total. The summed E-state index contributed by atoms with van der Waals surface area (Å²) in [5, 5.41) is 5.09. The van der Waals surface area contributed by atoms with E-state index in [9.17, 15) is 9.59 Å². The molecule has 1 fully saturated rings. The third kappa shape index (κ3) is 5.78. The molecule has 1 aromatic heterocycles. The van der Waals surface area contributed by atoms with E-state index in [1.807, 2.05) is 69.5 Å². The molecule has 6 nitrogen and oxygen atoms in total. The maximum Gasteiger partial charge on any atom is 0.410 e. The van der Waals surface area contributed by atoms with Crippen LogP contribution < -0.4 is 10.2 Å². The summed E-state index contributed by atoms with van der Waals surface area (Å²) in [5.41, 5.74) is 4.52. The summed E-state index contributed by atoms with van der Waals surface area (Å²) in [6.45, 7) is 10.2. The Morgan fingerprint density at radius 2 is 1.65 bits per heavy atom. The fourth-order valence-corrected chi connectivity index (χ4v) is 4.65. The summed E-state index contributed by atoms with van der Waals surface area (Å²) in [4.78, 5) is 29.9. The van der Waals surface area contributed by atoms with Gasteiger partial charge in [-0.2, -0.15) is 0 Å². The van der Waals surface area contributed by atoms with E-state index in [1.54, 1.807) is 4.90 Å². The largest absolute Gasteiger partial charge is 0.444 e. The number of nitrogens with one attached hydrogen (secondary N) is 1. The van der Waals surface area contributed by atoms with Crippen LogP contribution in [0.4, 0.5) is 16.2 Å². The number of carbonyl (C=O) groups excluding carboxylic acids is 2. The zero-order valence-corrected chi connectivity index (χ0v) is 20.9. The minimum atomic E-state index is -0.497. The summed E-state index contributed by atoms with van der Waals surface area (Å²) < 4.78 is 5.47. The normalized spacial score (nSPS) is 14.1. The Balaban J connectivity index is 1.39. The molecule has 2 aromatic carbocycles. The molecule has 34 heavy (non-hydrogen) atoms. The van der Waals surface area contributed by atoms with Crippen LogP contribution in [0.5, 0.6) is 0 Å². The van der Waals surface area contributed by atoms with Crippen LogP contribution in [0, 0.1) is 6.92 Å². The maximum atomic E-state index is 13.0. The third-order valence-corrected chi connectivity index (χ3v) is 6.62. The van der Waals surface area contributed by atoms with E-state index in [1.165, 1.54) is 11.3 Å². The van der Waals surface area contributed by atoms with Crippen molar-refractivity contribution >= 4 is 34.7 Å². The number of ether oxygens (including phenoxy) is 1. The molecule has 0 bridgehead atoms. The van der Waals surface area contributed by atoms with Gasteiger partial charge in [0, 0.05) is 42.9 Å².